The summed E-state index contributed by atoms with van der Waals surface area (Å²) in [6.45, 7) is 9.19. The Morgan fingerprint density at radius 2 is 1.13 bits per heavy atom. The minimum absolute atomic E-state index is 0.0207. The van der Waals surface area contributed by atoms with E-state index in [2.05, 4.69) is 6.92 Å². The van der Waals surface area contributed by atoms with E-state index in [1.807, 2.05) is 20.8 Å². The molecule has 0 bridgehead atoms. The monoisotopic (exact) mass is 448 g/mol. The zero-order valence-electron chi connectivity index (χ0n) is 20.3. The van der Waals surface area contributed by atoms with Gasteiger partial charge < -0.3 is 13.8 Å². The molecule has 0 amide bonds. The Morgan fingerprint density at radius 3 is 1.60 bits per heavy atom. The zero-order valence-corrected chi connectivity index (χ0v) is 21.2. The van der Waals surface area contributed by atoms with E-state index in [1.165, 1.54) is 32.1 Å². The van der Waals surface area contributed by atoms with Crippen molar-refractivity contribution in [3.8, 4) is 0 Å². The van der Waals surface area contributed by atoms with Crippen LogP contribution < -0.4 is 0 Å². The molecule has 30 heavy (non-hydrogen) atoms. The molecule has 0 N–H and O–H groups in total. The van der Waals surface area contributed by atoms with Crippen LogP contribution in [0.1, 0.15) is 124 Å². The van der Waals surface area contributed by atoms with Gasteiger partial charge in [0.15, 0.2) is 0 Å². The zero-order chi connectivity index (χ0) is 22.5. The largest absolute Gasteiger partial charge is 0.466 e. The van der Waals surface area contributed by atoms with Gasteiger partial charge in [-0.1, -0.05) is 77.6 Å². The van der Waals surface area contributed by atoms with Gasteiger partial charge in [0.05, 0.1) is 25.5 Å². The smallest absolute Gasteiger partial charge is 0.333 e. The fourth-order valence-corrected chi connectivity index (χ4v) is 6.03. The number of hydrogen-bond acceptors (Lipinski definition) is 5. The summed E-state index contributed by atoms with van der Waals surface area (Å²) in [6.07, 6.45) is 16.3. The third-order valence-corrected chi connectivity index (χ3v) is 8.08. The van der Waals surface area contributed by atoms with Gasteiger partial charge in [-0.2, -0.15) is 0 Å². The highest BCUT2D eigenvalue weighted by molar-refractivity contribution is 7.54. The van der Waals surface area contributed by atoms with Crippen LogP contribution in [0.2, 0.25) is 0 Å². The fourth-order valence-electron chi connectivity index (χ4n) is 3.82. The Balaban J connectivity index is 4.26. The fraction of sp³-hybridized carbons (Fsp3) is 0.958. The molecule has 0 radical (unpaired) electrons. The highest BCUT2D eigenvalue weighted by Crippen LogP contribution is 2.56. The summed E-state index contributed by atoms with van der Waals surface area (Å²) < 4.78 is 29.6. The van der Waals surface area contributed by atoms with E-state index in [-0.39, 0.29) is 11.6 Å². The minimum Gasteiger partial charge on any atom is -0.466 e. The first-order chi connectivity index (χ1) is 14.5. The van der Waals surface area contributed by atoms with E-state index in [0.29, 0.717) is 26.2 Å². The van der Waals surface area contributed by atoms with E-state index < -0.39 is 7.60 Å². The van der Waals surface area contributed by atoms with Crippen molar-refractivity contribution in [1.82, 2.24) is 0 Å². The molecule has 0 aromatic heterocycles. The van der Waals surface area contributed by atoms with Gasteiger partial charge in [0.1, 0.15) is 0 Å². The Bertz CT molecular complexity index is 431. The van der Waals surface area contributed by atoms with Crippen LogP contribution in [0, 0.1) is 0 Å². The van der Waals surface area contributed by atoms with Gasteiger partial charge >= 0.3 is 13.6 Å². The van der Waals surface area contributed by atoms with Crippen LogP contribution in [0.25, 0.3) is 0 Å². The number of carbonyl (C=O) groups excluding carboxylic acids is 1. The van der Waals surface area contributed by atoms with Crippen molar-refractivity contribution in [2.75, 3.05) is 19.8 Å². The second kappa shape index (κ2) is 20.5. The first kappa shape index (κ1) is 29.6. The van der Waals surface area contributed by atoms with E-state index >= 15 is 0 Å². The van der Waals surface area contributed by atoms with Crippen LogP contribution in [0.3, 0.4) is 0 Å². The van der Waals surface area contributed by atoms with E-state index in [0.717, 1.165) is 57.8 Å². The van der Waals surface area contributed by atoms with Crippen molar-refractivity contribution >= 4 is 13.6 Å². The van der Waals surface area contributed by atoms with E-state index in [9.17, 15) is 9.36 Å². The molecule has 0 aromatic carbocycles. The summed E-state index contributed by atoms with van der Waals surface area (Å²) in [5.74, 6) is -0.0855. The molecule has 0 aliphatic rings. The van der Waals surface area contributed by atoms with Gasteiger partial charge in [-0.3, -0.25) is 9.36 Å². The summed E-state index contributed by atoms with van der Waals surface area (Å²) in [4.78, 5) is 11.3. The molecular weight excluding hydrogens is 399 g/mol. The maximum Gasteiger partial charge on any atom is 0.333 e. The molecule has 180 valence electrons. The lowest BCUT2D eigenvalue weighted by Crippen LogP contribution is -2.14. The van der Waals surface area contributed by atoms with Gasteiger partial charge in [-0.25, -0.2) is 0 Å². The molecule has 0 aromatic rings. The lowest BCUT2D eigenvalue weighted by atomic mass is 10.0. The molecule has 0 rings (SSSR count). The number of carbonyl (C=O) groups is 1. The van der Waals surface area contributed by atoms with Crippen molar-refractivity contribution in [3.05, 3.63) is 0 Å². The first-order valence-electron chi connectivity index (χ1n) is 12.6. The molecule has 6 heteroatoms. The molecule has 0 saturated carbocycles. The molecular formula is C24H49O5P. The maximum absolute atomic E-state index is 13.3. The number of esters is 1. The van der Waals surface area contributed by atoms with Crippen LogP contribution >= 0.6 is 7.60 Å². The van der Waals surface area contributed by atoms with Crippen LogP contribution in [0.15, 0.2) is 0 Å². The molecule has 0 heterocycles. The second-order valence-electron chi connectivity index (χ2n) is 8.05. The van der Waals surface area contributed by atoms with Gasteiger partial charge in [-0.05, 0) is 40.0 Å². The predicted octanol–water partition coefficient (Wildman–Crippen LogP) is 8.06. The standard InChI is InChI=1S/C24H49O5P/c1-5-9-10-11-14-17-20-23(30(26,28-7-3)29-8-4)21-18-15-12-13-16-19-22-24(25)27-6-2/h23H,5-22H2,1-4H3. The number of unbranched alkanes of at least 4 members (excludes halogenated alkanes) is 10. The highest BCUT2D eigenvalue weighted by Gasteiger charge is 2.34. The third-order valence-electron chi connectivity index (χ3n) is 5.43. The second-order valence-corrected chi connectivity index (χ2v) is 10.4. The van der Waals surface area contributed by atoms with Gasteiger partial charge in [-0.15, -0.1) is 0 Å². The summed E-state index contributed by atoms with van der Waals surface area (Å²) in [5.41, 5.74) is 0.0207. The molecule has 1 atom stereocenters. The summed E-state index contributed by atoms with van der Waals surface area (Å²) >= 11 is 0. The van der Waals surface area contributed by atoms with Crippen molar-refractivity contribution in [3.63, 3.8) is 0 Å². The molecule has 0 aliphatic heterocycles. The molecule has 5 nitrogen and oxygen atoms in total. The first-order valence-corrected chi connectivity index (χ1v) is 14.2. The number of ether oxygens (including phenoxy) is 1. The molecule has 0 aliphatic carbocycles. The normalized spacial score (nSPS) is 12.8. The Morgan fingerprint density at radius 1 is 0.667 bits per heavy atom. The van der Waals surface area contributed by atoms with Crippen molar-refractivity contribution in [2.45, 2.75) is 130 Å². The minimum atomic E-state index is -3.03. The van der Waals surface area contributed by atoms with Crippen LogP contribution in [0.4, 0.5) is 0 Å². The third kappa shape index (κ3) is 15.4. The van der Waals surface area contributed by atoms with Crippen molar-refractivity contribution in [2.24, 2.45) is 0 Å². The van der Waals surface area contributed by atoms with Gasteiger partial charge in [0.2, 0.25) is 0 Å². The Hall–Kier alpha value is -0.380. The van der Waals surface area contributed by atoms with Crippen molar-refractivity contribution in [1.29, 1.82) is 0 Å². The lowest BCUT2D eigenvalue weighted by Gasteiger charge is -2.26. The maximum atomic E-state index is 13.3. The van der Waals surface area contributed by atoms with Crippen LogP contribution in [0.5, 0.6) is 0 Å². The summed E-state index contributed by atoms with van der Waals surface area (Å²) in [7, 11) is -3.03. The number of hydrogen-bond donors (Lipinski definition) is 0. The topological polar surface area (TPSA) is 61.8 Å². The highest BCUT2D eigenvalue weighted by atomic mass is 31.2. The average molecular weight is 449 g/mol. The molecule has 0 saturated heterocycles. The lowest BCUT2D eigenvalue weighted by molar-refractivity contribution is -0.143. The van der Waals surface area contributed by atoms with Crippen LogP contribution in [-0.2, 0) is 23.1 Å². The molecule has 0 fully saturated rings. The Kier molecular flexibility index (Phi) is 20.3. The van der Waals surface area contributed by atoms with Gasteiger partial charge in [0, 0.05) is 6.42 Å². The quantitative estimate of drug-likeness (QED) is 0.0952. The van der Waals surface area contributed by atoms with Gasteiger partial charge in [0.25, 0.3) is 0 Å². The average Bonchev–Trinajstić information content (AvgIpc) is 2.71. The molecule has 0 spiro atoms. The van der Waals surface area contributed by atoms with E-state index in [1.54, 1.807) is 0 Å². The van der Waals surface area contributed by atoms with Crippen molar-refractivity contribution < 1.29 is 23.1 Å². The predicted molar refractivity (Wildman–Crippen MR) is 126 cm³/mol. The van der Waals surface area contributed by atoms with Crippen LogP contribution in [-0.4, -0.2) is 31.4 Å². The summed E-state index contributed by atoms with van der Waals surface area (Å²) in [6, 6.07) is 0. The number of rotatable bonds is 22. The Labute approximate surface area is 186 Å². The SMILES string of the molecule is CCCCCCCCC(CCCCCCCCC(=O)OCC)P(=O)(OCC)OCC. The van der Waals surface area contributed by atoms with E-state index in [4.69, 9.17) is 13.8 Å². The summed E-state index contributed by atoms with van der Waals surface area (Å²) in [5, 5.41) is 0. The molecule has 1 unspecified atom stereocenters.